The number of carbonyl (C=O) groups is 2. The highest BCUT2D eigenvalue weighted by Gasteiger charge is 2.34. The molecule has 0 radical (unpaired) electrons. The molecule has 0 aliphatic carbocycles. The zero-order valence-corrected chi connectivity index (χ0v) is 20.3. The van der Waals surface area contributed by atoms with Crippen LogP contribution in [0.5, 0.6) is 5.75 Å². The number of aromatic nitrogens is 2. The van der Waals surface area contributed by atoms with Gasteiger partial charge in [-0.15, -0.1) is 0 Å². The molecule has 1 aromatic heterocycles. The van der Waals surface area contributed by atoms with Gasteiger partial charge in [0.2, 0.25) is 0 Å². The SMILES string of the molecule is CNC(=O)Nc1ccc(-c2nc3c(c(N4CCOCC4)n2)CN(Cc2ccc(OC)cc2)C3=O)cc1. The fraction of sp³-hybridized carbons (Fsp3) is 0.308. The first kappa shape index (κ1) is 23.6. The van der Waals surface area contributed by atoms with Crippen LogP contribution in [-0.4, -0.2) is 67.3 Å². The summed E-state index contributed by atoms with van der Waals surface area (Å²) in [6, 6.07) is 14.7. The molecule has 1 saturated heterocycles. The van der Waals surface area contributed by atoms with E-state index in [0.717, 1.165) is 28.3 Å². The fourth-order valence-electron chi connectivity index (χ4n) is 4.35. The van der Waals surface area contributed by atoms with Crippen molar-refractivity contribution in [2.24, 2.45) is 0 Å². The largest absolute Gasteiger partial charge is 0.497 e. The van der Waals surface area contributed by atoms with Crippen molar-refractivity contribution in [1.82, 2.24) is 20.2 Å². The van der Waals surface area contributed by atoms with Crippen LogP contribution in [0.25, 0.3) is 11.4 Å². The van der Waals surface area contributed by atoms with Crippen LogP contribution < -0.4 is 20.3 Å². The van der Waals surface area contributed by atoms with Crippen molar-refractivity contribution < 1.29 is 19.1 Å². The molecule has 2 aromatic carbocycles. The van der Waals surface area contributed by atoms with Gasteiger partial charge >= 0.3 is 6.03 Å². The quantitative estimate of drug-likeness (QED) is 0.549. The molecule has 0 unspecified atom stereocenters. The second kappa shape index (κ2) is 10.2. The number of rotatable bonds is 6. The van der Waals surface area contributed by atoms with E-state index in [1.54, 1.807) is 31.2 Å². The van der Waals surface area contributed by atoms with Crippen molar-refractivity contribution in [2.75, 3.05) is 50.7 Å². The molecule has 186 valence electrons. The Kier molecular flexibility index (Phi) is 6.68. The number of ether oxygens (including phenoxy) is 2. The number of hydrogen-bond acceptors (Lipinski definition) is 7. The van der Waals surface area contributed by atoms with Crippen molar-refractivity contribution in [1.29, 1.82) is 0 Å². The van der Waals surface area contributed by atoms with E-state index in [9.17, 15) is 9.59 Å². The Morgan fingerprint density at radius 3 is 2.44 bits per heavy atom. The standard InChI is InChI=1S/C26H28N6O4/c1-27-26(34)28-19-7-5-18(6-8-19)23-29-22-21(24(30-23)31-11-13-36-14-12-31)16-32(25(22)33)15-17-3-9-20(35-2)10-4-17/h3-10H,11-16H2,1-2H3,(H2,27,28,34). The first-order valence-corrected chi connectivity index (χ1v) is 11.8. The molecule has 0 spiro atoms. The first-order chi connectivity index (χ1) is 17.6. The first-order valence-electron chi connectivity index (χ1n) is 11.8. The minimum atomic E-state index is -0.298. The van der Waals surface area contributed by atoms with Gasteiger partial charge in [-0.3, -0.25) is 4.79 Å². The molecule has 0 saturated carbocycles. The Morgan fingerprint density at radius 1 is 1.06 bits per heavy atom. The second-order valence-electron chi connectivity index (χ2n) is 8.59. The molecule has 3 aromatic rings. The molecule has 0 bridgehead atoms. The average molecular weight is 489 g/mol. The molecule has 0 atom stereocenters. The van der Waals surface area contributed by atoms with Crippen molar-refractivity contribution in [3.8, 4) is 17.1 Å². The number of amides is 3. The maximum absolute atomic E-state index is 13.5. The van der Waals surface area contributed by atoms with Gasteiger partial charge in [0.05, 0.1) is 26.9 Å². The molecule has 1 fully saturated rings. The molecule has 5 rings (SSSR count). The molecule has 36 heavy (non-hydrogen) atoms. The van der Waals surface area contributed by atoms with E-state index < -0.39 is 0 Å². The van der Waals surface area contributed by atoms with Gasteiger partial charge in [0.1, 0.15) is 17.3 Å². The summed E-state index contributed by atoms with van der Waals surface area (Å²) < 4.78 is 10.8. The maximum atomic E-state index is 13.5. The lowest BCUT2D eigenvalue weighted by Gasteiger charge is -2.29. The zero-order chi connectivity index (χ0) is 25.1. The number of fused-ring (bicyclic) bond motifs is 1. The number of anilines is 2. The summed E-state index contributed by atoms with van der Waals surface area (Å²) in [5.41, 5.74) is 3.70. The van der Waals surface area contributed by atoms with Crippen molar-refractivity contribution >= 4 is 23.4 Å². The van der Waals surface area contributed by atoms with Crippen LogP contribution >= 0.6 is 0 Å². The number of morpholine rings is 1. The summed E-state index contributed by atoms with van der Waals surface area (Å²) in [5.74, 6) is 1.91. The number of nitrogens with one attached hydrogen (secondary N) is 2. The highest BCUT2D eigenvalue weighted by molar-refractivity contribution is 5.98. The van der Waals surface area contributed by atoms with Gasteiger partial charge in [-0.2, -0.15) is 0 Å². The maximum Gasteiger partial charge on any atom is 0.318 e. The minimum absolute atomic E-state index is 0.114. The lowest BCUT2D eigenvalue weighted by atomic mass is 10.1. The van der Waals surface area contributed by atoms with Gasteiger partial charge in [-0.05, 0) is 42.0 Å². The Labute approximate surface area is 209 Å². The average Bonchev–Trinajstić information content (AvgIpc) is 3.24. The van der Waals surface area contributed by atoms with Crippen LogP contribution in [0.15, 0.2) is 48.5 Å². The van der Waals surface area contributed by atoms with Crippen LogP contribution in [0.4, 0.5) is 16.3 Å². The fourth-order valence-corrected chi connectivity index (χ4v) is 4.35. The van der Waals surface area contributed by atoms with Gasteiger partial charge in [0.15, 0.2) is 5.82 Å². The molecule has 10 nitrogen and oxygen atoms in total. The van der Waals surface area contributed by atoms with E-state index >= 15 is 0 Å². The topological polar surface area (TPSA) is 109 Å². The summed E-state index contributed by atoms with van der Waals surface area (Å²) >= 11 is 0. The van der Waals surface area contributed by atoms with Crippen molar-refractivity contribution in [3.63, 3.8) is 0 Å². The lowest BCUT2D eigenvalue weighted by Crippen LogP contribution is -2.37. The Bertz CT molecular complexity index is 1260. The molecular weight excluding hydrogens is 460 g/mol. The van der Waals surface area contributed by atoms with E-state index in [4.69, 9.17) is 19.4 Å². The van der Waals surface area contributed by atoms with Gasteiger partial charge in [0, 0.05) is 43.5 Å². The van der Waals surface area contributed by atoms with Crippen LogP contribution in [0.1, 0.15) is 21.6 Å². The van der Waals surface area contributed by atoms with Crippen LogP contribution in [0.3, 0.4) is 0 Å². The Hall–Kier alpha value is -4.18. The molecule has 3 amide bonds. The molecule has 10 heteroatoms. The van der Waals surface area contributed by atoms with E-state index in [0.29, 0.717) is 56.6 Å². The third-order valence-electron chi connectivity index (χ3n) is 6.30. The van der Waals surface area contributed by atoms with E-state index in [-0.39, 0.29) is 11.9 Å². The van der Waals surface area contributed by atoms with Crippen molar-refractivity contribution in [2.45, 2.75) is 13.1 Å². The van der Waals surface area contributed by atoms with Crippen LogP contribution in [0, 0.1) is 0 Å². The van der Waals surface area contributed by atoms with Gasteiger partial charge < -0.3 is 29.9 Å². The third kappa shape index (κ3) is 4.80. The Morgan fingerprint density at radius 2 is 1.78 bits per heavy atom. The smallest absolute Gasteiger partial charge is 0.318 e. The third-order valence-corrected chi connectivity index (χ3v) is 6.30. The minimum Gasteiger partial charge on any atom is -0.497 e. The van der Waals surface area contributed by atoms with E-state index in [1.807, 2.05) is 36.4 Å². The summed E-state index contributed by atoms with van der Waals surface area (Å²) in [6.45, 7) is 3.53. The van der Waals surface area contributed by atoms with Crippen LogP contribution in [-0.2, 0) is 17.8 Å². The lowest BCUT2D eigenvalue weighted by molar-refractivity contribution is 0.0762. The van der Waals surface area contributed by atoms with Crippen LogP contribution in [0.2, 0.25) is 0 Å². The highest BCUT2D eigenvalue weighted by atomic mass is 16.5. The van der Waals surface area contributed by atoms with Crippen molar-refractivity contribution in [3.05, 3.63) is 65.4 Å². The number of methoxy groups -OCH3 is 1. The number of carbonyl (C=O) groups excluding carboxylic acids is 2. The summed E-state index contributed by atoms with van der Waals surface area (Å²) in [6.07, 6.45) is 0. The monoisotopic (exact) mass is 488 g/mol. The van der Waals surface area contributed by atoms with E-state index in [2.05, 4.69) is 15.5 Å². The number of hydrogen-bond donors (Lipinski definition) is 2. The zero-order valence-electron chi connectivity index (χ0n) is 20.3. The number of nitrogens with zero attached hydrogens (tertiary/aromatic N) is 4. The normalized spacial score (nSPS) is 15.0. The Balaban J connectivity index is 1.46. The highest BCUT2D eigenvalue weighted by Crippen LogP contribution is 2.33. The second-order valence-corrected chi connectivity index (χ2v) is 8.59. The van der Waals surface area contributed by atoms with Gasteiger partial charge in [-0.25, -0.2) is 14.8 Å². The molecule has 3 heterocycles. The molecular formula is C26H28N6O4. The predicted molar refractivity (Wildman–Crippen MR) is 135 cm³/mol. The predicted octanol–water partition coefficient (Wildman–Crippen LogP) is 2.90. The number of urea groups is 1. The molecule has 2 aliphatic rings. The molecule has 2 aliphatic heterocycles. The number of benzene rings is 2. The van der Waals surface area contributed by atoms with E-state index in [1.165, 1.54) is 0 Å². The van der Waals surface area contributed by atoms with Gasteiger partial charge in [0.25, 0.3) is 5.91 Å². The van der Waals surface area contributed by atoms with Gasteiger partial charge in [-0.1, -0.05) is 12.1 Å². The summed E-state index contributed by atoms with van der Waals surface area (Å²) in [5, 5.41) is 5.26. The summed E-state index contributed by atoms with van der Waals surface area (Å²) in [7, 11) is 3.19. The summed E-state index contributed by atoms with van der Waals surface area (Å²) in [4.78, 5) is 38.6. The molecule has 2 N–H and O–H groups in total.